The molecule has 1 N–H and O–H groups in total. The summed E-state index contributed by atoms with van der Waals surface area (Å²) in [5, 5.41) is 10.2. The number of hydrogen-bond donors (Lipinski definition) is 1. The van der Waals surface area contributed by atoms with Crippen LogP contribution in [0, 0.1) is 5.92 Å². The summed E-state index contributed by atoms with van der Waals surface area (Å²) in [6.45, 7) is 4.39. The molecule has 0 aromatic heterocycles. The highest BCUT2D eigenvalue weighted by molar-refractivity contribution is 6.02. The molecule has 0 fully saturated rings. The molecular formula is C13H16O4. The van der Waals surface area contributed by atoms with Crippen LogP contribution in [0.4, 0.5) is 0 Å². The van der Waals surface area contributed by atoms with Gasteiger partial charge in [-0.3, -0.25) is 9.59 Å². The van der Waals surface area contributed by atoms with Crippen molar-refractivity contribution in [1.29, 1.82) is 0 Å². The van der Waals surface area contributed by atoms with E-state index >= 15 is 0 Å². The third-order valence-electron chi connectivity index (χ3n) is 2.44. The molecule has 1 aromatic carbocycles. The number of esters is 1. The smallest absolute Gasteiger partial charge is 0.305 e. The Morgan fingerprint density at radius 3 is 2.18 bits per heavy atom. The molecule has 0 aliphatic rings. The van der Waals surface area contributed by atoms with Gasteiger partial charge in [0, 0.05) is 18.4 Å². The van der Waals surface area contributed by atoms with E-state index in [9.17, 15) is 14.7 Å². The molecule has 0 aliphatic heterocycles. The van der Waals surface area contributed by atoms with Crippen molar-refractivity contribution in [3.8, 4) is 0 Å². The fourth-order valence-corrected chi connectivity index (χ4v) is 1.44. The summed E-state index contributed by atoms with van der Waals surface area (Å²) >= 11 is 0. The third kappa shape index (κ3) is 2.91. The van der Waals surface area contributed by atoms with Gasteiger partial charge in [-0.15, -0.1) is 0 Å². The summed E-state index contributed by atoms with van der Waals surface area (Å²) in [5.74, 6) is -3.93. The van der Waals surface area contributed by atoms with Crippen molar-refractivity contribution in [2.24, 2.45) is 5.92 Å². The van der Waals surface area contributed by atoms with E-state index in [4.69, 9.17) is 4.74 Å². The summed E-state index contributed by atoms with van der Waals surface area (Å²) in [7, 11) is 0. The SMILES string of the molecule is CC(=O)OC(O)(C(=O)c1ccccc1)C(C)C. The Hall–Kier alpha value is -1.68. The van der Waals surface area contributed by atoms with Gasteiger partial charge in [0.2, 0.25) is 5.78 Å². The van der Waals surface area contributed by atoms with Crippen molar-refractivity contribution in [3.63, 3.8) is 0 Å². The van der Waals surface area contributed by atoms with Crippen molar-refractivity contribution >= 4 is 11.8 Å². The van der Waals surface area contributed by atoms with Gasteiger partial charge in [-0.1, -0.05) is 44.2 Å². The first-order chi connectivity index (χ1) is 7.88. The van der Waals surface area contributed by atoms with E-state index in [-0.39, 0.29) is 0 Å². The van der Waals surface area contributed by atoms with Gasteiger partial charge in [0.25, 0.3) is 5.79 Å². The maximum absolute atomic E-state index is 12.1. The summed E-state index contributed by atoms with van der Waals surface area (Å²) in [6, 6.07) is 8.26. The van der Waals surface area contributed by atoms with Gasteiger partial charge in [-0.2, -0.15) is 0 Å². The molecule has 4 heteroatoms. The van der Waals surface area contributed by atoms with Gasteiger partial charge >= 0.3 is 5.97 Å². The average Bonchev–Trinajstić information content (AvgIpc) is 2.28. The number of rotatable bonds is 4. The van der Waals surface area contributed by atoms with Gasteiger partial charge in [0.1, 0.15) is 0 Å². The lowest BCUT2D eigenvalue weighted by molar-refractivity contribution is -0.200. The monoisotopic (exact) mass is 236 g/mol. The van der Waals surface area contributed by atoms with Crippen LogP contribution in [0.5, 0.6) is 0 Å². The Bertz CT molecular complexity index is 411. The highest BCUT2D eigenvalue weighted by Gasteiger charge is 2.43. The Morgan fingerprint density at radius 1 is 1.24 bits per heavy atom. The molecule has 0 radical (unpaired) electrons. The molecule has 0 saturated carbocycles. The number of ketones is 1. The fraction of sp³-hybridized carbons (Fsp3) is 0.385. The molecule has 4 nitrogen and oxygen atoms in total. The lowest BCUT2D eigenvalue weighted by Crippen LogP contribution is -2.47. The number of Topliss-reactive ketones (excluding diaryl/α,β-unsaturated/α-hetero) is 1. The van der Waals surface area contributed by atoms with Crippen LogP contribution in [-0.2, 0) is 9.53 Å². The highest BCUT2D eigenvalue weighted by Crippen LogP contribution is 2.24. The van der Waals surface area contributed by atoms with E-state index in [0.717, 1.165) is 6.92 Å². The molecule has 0 spiro atoms. The van der Waals surface area contributed by atoms with E-state index in [1.807, 2.05) is 0 Å². The fourth-order valence-electron chi connectivity index (χ4n) is 1.44. The zero-order chi connectivity index (χ0) is 13.1. The average molecular weight is 236 g/mol. The van der Waals surface area contributed by atoms with E-state index < -0.39 is 23.5 Å². The van der Waals surface area contributed by atoms with Crippen LogP contribution < -0.4 is 0 Å². The second-order valence-corrected chi connectivity index (χ2v) is 4.14. The highest BCUT2D eigenvalue weighted by atomic mass is 16.7. The quantitative estimate of drug-likeness (QED) is 0.491. The predicted molar refractivity (Wildman–Crippen MR) is 62.3 cm³/mol. The van der Waals surface area contributed by atoms with E-state index in [0.29, 0.717) is 5.56 Å². The van der Waals surface area contributed by atoms with Crippen LogP contribution in [0.3, 0.4) is 0 Å². The predicted octanol–water partition coefficient (Wildman–Crippen LogP) is 1.78. The lowest BCUT2D eigenvalue weighted by atomic mass is 9.93. The van der Waals surface area contributed by atoms with Gasteiger partial charge in [0.05, 0.1) is 0 Å². The van der Waals surface area contributed by atoms with Crippen molar-refractivity contribution in [2.75, 3.05) is 0 Å². The summed E-state index contributed by atoms with van der Waals surface area (Å²) in [5.41, 5.74) is 0.310. The first-order valence-corrected chi connectivity index (χ1v) is 5.39. The van der Waals surface area contributed by atoms with Crippen LogP contribution in [-0.4, -0.2) is 22.6 Å². The number of ether oxygens (including phenoxy) is 1. The number of benzene rings is 1. The van der Waals surface area contributed by atoms with Crippen molar-refractivity contribution < 1.29 is 19.4 Å². The molecule has 92 valence electrons. The van der Waals surface area contributed by atoms with E-state index in [2.05, 4.69) is 0 Å². The standard InChI is InChI=1S/C13H16O4/c1-9(2)13(16,17-10(3)14)12(15)11-7-5-4-6-8-11/h4-9,16H,1-3H3. The first kappa shape index (κ1) is 13.4. The molecule has 0 aliphatic carbocycles. The topological polar surface area (TPSA) is 63.6 Å². The molecular weight excluding hydrogens is 220 g/mol. The minimum absolute atomic E-state index is 0.310. The Kier molecular flexibility index (Phi) is 4.02. The van der Waals surface area contributed by atoms with Crippen molar-refractivity contribution in [2.45, 2.75) is 26.6 Å². The van der Waals surface area contributed by atoms with Gasteiger partial charge in [0.15, 0.2) is 0 Å². The molecule has 0 heterocycles. The summed E-state index contributed by atoms with van der Waals surface area (Å²) in [4.78, 5) is 23.1. The third-order valence-corrected chi connectivity index (χ3v) is 2.44. The number of aliphatic hydroxyl groups is 1. The molecule has 1 aromatic rings. The van der Waals surface area contributed by atoms with Crippen molar-refractivity contribution in [1.82, 2.24) is 0 Å². The molecule has 1 rings (SSSR count). The maximum atomic E-state index is 12.1. The van der Waals surface area contributed by atoms with Gasteiger partial charge in [-0.05, 0) is 0 Å². The normalized spacial score (nSPS) is 14.2. The molecule has 0 bridgehead atoms. The van der Waals surface area contributed by atoms with Gasteiger partial charge in [-0.25, -0.2) is 0 Å². The zero-order valence-electron chi connectivity index (χ0n) is 10.1. The van der Waals surface area contributed by atoms with Gasteiger partial charge < -0.3 is 9.84 Å². The maximum Gasteiger partial charge on any atom is 0.305 e. The van der Waals surface area contributed by atoms with Crippen LogP contribution in [0.1, 0.15) is 31.1 Å². The minimum atomic E-state index is -2.10. The van der Waals surface area contributed by atoms with Crippen LogP contribution in [0.2, 0.25) is 0 Å². The molecule has 17 heavy (non-hydrogen) atoms. The minimum Gasteiger partial charge on any atom is -0.425 e. The van der Waals surface area contributed by atoms with Crippen LogP contribution >= 0.6 is 0 Å². The summed E-state index contributed by atoms with van der Waals surface area (Å²) in [6.07, 6.45) is 0. The molecule has 0 saturated heterocycles. The second kappa shape index (κ2) is 5.10. The Labute approximate surface area is 100 Å². The lowest BCUT2D eigenvalue weighted by Gasteiger charge is -2.29. The Morgan fingerprint density at radius 2 is 1.76 bits per heavy atom. The zero-order valence-corrected chi connectivity index (χ0v) is 10.1. The van der Waals surface area contributed by atoms with Crippen LogP contribution in [0.25, 0.3) is 0 Å². The summed E-state index contributed by atoms with van der Waals surface area (Å²) < 4.78 is 4.78. The number of carbonyl (C=O) groups is 2. The van der Waals surface area contributed by atoms with Crippen molar-refractivity contribution in [3.05, 3.63) is 35.9 Å². The first-order valence-electron chi connectivity index (χ1n) is 5.39. The van der Waals surface area contributed by atoms with E-state index in [1.54, 1.807) is 44.2 Å². The Balaban J connectivity index is 3.08. The molecule has 0 amide bonds. The molecule has 1 atom stereocenters. The van der Waals surface area contributed by atoms with E-state index in [1.165, 1.54) is 0 Å². The molecule has 1 unspecified atom stereocenters. The number of hydrogen-bond acceptors (Lipinski definition) is 4. The second-order valence-electron chi connectivity index (χ2n) is 4.14. The largest absolute Gasteiger partial charge is 0.425 e. The number of carbonyl (C=O) groups excluding carboxylic acids is 2. The van der Waals surface area contributed by atoms with Crippen LogP contribution in [0.15, 0.2) is 30.3 Å².